The van der Waals surface area contributed by atoms with Gasteiger partial charge in [0, 0.05) is 27.0 Å². The largest absolute Gasteiger partial charge is 0.497 e. The molecule has 0 bridgehead atoms. The molecule has 0 saturated carbocycles. The number of fused-ring (bicyclic) bond motifs is 2. The van der Waals surface area contributed by atoms with Gasteiger partial charge in [-0.15, -0.1) is 0 Å². The first-order chi connectivity index (χ1) is 32.7. The van der Waals surface area contributed by atoms with Crippen LogP contribution in [-0.4, -0.2) is 74.0 Å². The van der Waals surface area contributed by atoms with E-state index in [-0.39, 0.29) is 22.1 Å². The van der Waals surface area contributed by atoms with E-state index < -0.39 is 27.0 Å². The van der Waals surface area contributed by atoms with Crippen LogP contribution in [0.1, 0.15) is 16.1 Å². The maximum Gasteiger partial charge on any atom is 0.492 e. The molecule has 0 aliphatic carbocycles. The first-order valence-corrected chi connectivity index (χ1v) is 25.9. The van der Waals surface area contributed by atoms with Gasteiger partial charge in [-0.1, -0.05) is 101 Å². The monoisotopic (exact) mass is 1050 g/mol. The van der Waals surface area contributed by atoms with Crippen molar-refractivity contribution in [1.82, 2.24) is 18.7 Å². The molecular formula is C48H43BBrN5O9S4. The number of anilines is 1. The van der Waals surface area contributed by atoms with E-state index in [0.29, 0.717) is 21.4 Å². The third-order valence-corrected chi connectivity index (χ3v) is 16.3. The molecule has 0 aliphatic heterocycles. The van der Waals surface area contributed by atoms with E-state index in [1.165, 1.54) is 24.1 Å². The molecule has 0 unspecified atom stereocenters. The van der Waals surface area contributed by atoms with Crippen LogP contribution < -0.4 is 24.0 Å². The lowest BCUT2D eigenvalue weighted by molar-refractivity contribution is 0.403. The van der Waals surface area contributed by atoms with Crippen LogP contribution in [0.5, 0.6) is 17.2 Å². The molecular weight excluding hydrogens is 1010 g/mol. The Morgan fingerprint density at radius 1 is 0.647 bits per heavy atom. The van der Waals surface area contributed by atoms with Crippen molar-refractivity contribution in [3.63, 3.8) is 0 Å². The fourth-order valence-corrected chi connectivity index (χ4v) is 11.9. The van der Waals surface area contributed by atoms with Gasteiger partial charge >= 0.3 is 7.12 Å². The first-order valence-electron chi connectivity index (χ1n) is 20.5. The molecule has 2 heterocycles. The van der Waals surface area contributed by atoms with Gasteiger partial charge in [-0.3, -0.25) is 0 Å². The summed E-state index contributed by atoms with van der Waals surface area (Å²) in [7, 11) is -4.08. The van der Waals surface area contributed by atoms with Crippen LogP contribution in [0.25, 0.3) is 32.7 Å². The number of methoxy groups -OCH3 is 3. The van der Waals surface area contributed by atoms with Gasteiger partial charge in [0.05, 0.1) is 37.7 Å². The molecule has 0 saturated heterocycles. The molecule has 0 aliphatic rings. The fraction of sp³-hybridized carbons (Fsp3) is 0.125. The van der Waals surface area contributed by atoms with Gasteiger partial charge in [0.25, 0.3) is 10.0 Å². The van der Waals surface area contributed by atoms with Crippen molar-refractivity contribution in [1.29, 1.82) is 0 Å². The van der Waals surface area contributed by atoms with E-state index in [1.54, 1.807) is 62.8 Å². The Labute approximate surface area is 411 Å². The molecule has 0 spiro atoms. The number of rotatable bonds is 13. The van der Waals surface area contributed by atoms with Crippen LogP contribution in [0.3, 0.4) is 0 Å². The standard InChI is InChI=1S/C21H18BrN3O3S2.C20H16N2O3S2.C7H9BO3/c1-14-10-17(28-2)7-6-16(14)12-25(21-23-13-24-29-21)30(26,27)18-8-9-19-15(11-18)4-3-5-20(19)22;1-25-19-8-3-2-6-18(19)17-7-4-5-14-11-15(9-10-16(14)17)27(23,24)12-20-21-13-22-26-20;1-11-7-5-3-2-4-6(7)8(9)10/h3-11,13H,12H2,1-2H3;2-11,13H,12H2,1H3;2-5,9-10H,1H3. The van der Waals surface area contributed by atoms with Crippen LogP contribution in [-0.2, 0) is 32.2 Å². The second-order valence-electron chi connectivity index (χ2n) is 14.7. The van der Waals surface area contributed by atoms with Crippen molar-refractivity contribution in [2.75, 3.05) is 25.6 Å². The van der Waals surface area contributed by atoms with Gasteiger partial charge < -0.3 is 24.3 Å². The van der Waals surface area contributed by atoms with Gasteiger partial charge in [0.1, 0.15) is 40.7 Å². The number of sulfone groups is 1. The van der Waals surface area contributed by atoms with Gasteiger partial charge in [0.15, 0.2) is 9.84 Å². The van der Waals surface area contributed by atoms with Crippen LogP contribution in [0.4, 0.5) is 5.13 Å². The average Bonchev–Trinajstić information content (AvgIpc) is 4.09. The van der Waals surface area contributed by atoms with Crippen molar-refractivity contribution in [3.8, 4) is 28.4 Å². The van der Waals surface area contributed by atoms with E-state index in [2.05, 4.69) is 34.6 Å². The number of sulfonamides is 1. The Balaban J connectivity index is 0.000000166. The Morgan fingerprint density at radius 3 is 1.94 bits per heavy atom. The number of hydrogen-bond donors (Lipinski definition) is 2. The highest BCUT2D eigenvalue weighted by molar-refractivity contribution is 9.10. The van der Waals surface area contributed by atoms with Crippen LogP contribution in [0, 0.1) is 6.92 Å². The SMILES string of the molecule is COc1ccc(CN(c2ncns2)S(=O)(=O)c2ccc3c(Br)cccc3c2)c(C)c1.COc1ccccc1-c1cccc2cc(S(=O)(=O)Cc3ncns3)ccc12.COc1ccccc1B(O)O. The summed E-state index contributed by atoms with van der Waals surface area (Å²) in [5.41, 5.74) is 4.14. The molecule has 2 aromatic heterocycles. The molecule has 9 aromatic rings. The maximum atomic E-state index is 13.6. The van der Waals surface area contributed by atoms with Gasteiger partial charge in [-0.05, 0) is 111 Å². The summed E-state index contributed by atoms with van der Waals surface area (Å²) in [6, 6.07) is 42.0. The fourth-order valence-electron chi connectivity index (χ4n) is 7.11. The van der Waals surface area contributed by atoms with E-state index in [1.807, 2.05) is 97.9 Å². The lowest BCUT2D eigenvalue weighted by atomic mass is 9.80. The van der Waals surface area contributed by atoms with Gasteiger partial charge in [-0.2, -0.15) is 8.75 Å². The van der Waals surface area contributed by atoms with Gasteiger partial charge in [-0.25, -0.2) is 31.1 Å². The van der Waals surface area contributed by atoms with E-state index >= 15 is 0 Å². The van der Waals surface area contributed by atoms with E-state index in [0.717, 1.165) is 82.8 Å². The number of nitrogens with zero attached hydrogens (tertiary/aromatic N) is 5. The lowest BCUT2D eigenvalue weighted by Crippen LogP contribution is -2.30. The number of aryl methyl sites for hydroxylation is 1. The zero-order chi connectivity index (χ0) is 48.4. The number of hydrogen-bond acceptors (Lipinski definition) is 15. The normalized spacial score (nSPS) is 11.2. The molecule has 348 valence electrons. The highest BCUT2D eigenvalue weighted by Crippen LogP contribution is 2.36. The summed E-state index contributed by atoms with van der Waals surface area (Å²) in [6.07, 6.45) is 2.73. The minimum Gasteiger partial charge on any atom is -0.497 e. The number of para-hydroxylation sites is 2. The highest BCUT2D eigenvalue weighted by Gasteiger charge is 2.29. The highest BCUT2D eigenvalue weighted by atomic mass is 79.9. The third-order valence-electron chi connectivity index (χ3n) is 10.6. The Bertz CT molecular complexity index is 3380. The van der Waals surface area contributed by atoms with Crippen molar-refractivity contribution < 1.29 is 41.1 Å². The quantitative estimate of drug-likeness (QED) is 0.104. The summed E-state index contributed by atoms with van der Waals surface area (Å²) < 4.78 is 78.4. The predicted molar refractivity (Wildman–Crippen MR) is 272 cm³/mol. The summed E-state index contributed by atoms with van der Waals surface area (Å²) in [5.74, 6) is 1.84. The number of benzene rings is 7. The summed E-state index contributed by atoms with van der Waals surface area (Å²) >= 11 is 5.65. The zero-order valence-corrected chi connectivity index (χ0v) is 41.8. The Morgan fingerprint density at radius 2 is 1.28 bits per heavy atom. The van der Waals surface area contributed by atoms with Crippen LogP contribution >= 0.6 is 39.0 Å². The second-order valence-corrected chi connectivity index (χ2v) is 21.1. The van der Waals surface area contributed by atoms with Gasteiger partial charge in [0.2, 0.25) is 5.13 Å². The molecule has 0 atom stereocenters. The summed E-state index contributed by atoms with van der Waals surface area (Å²) in [6.45, 7) is 2.07. The zero-order valence-electron chi connectivity index (χ0n) is 36.9. The number of aromatic nitrogens is 4. The molecule has 2 N–H and O–H groups in total. The Kier molecular flexibility index (Phi) is 16.2. The van der Waals surface area contributed by atoms with Crippen molar-refractivity contribution in [2.24, 2.45) is 0 Å². The average molecular weight is 1050 g/mol. The molecule has 20 heteroatoms. The predicted octanol–water partition coefficient (Wildman–Crippen LogP) is 8.88. The molecule has 14 nitrogen and oxygen atoms in total. The van der Waals surface area contributed by atoms with Crippen molar-refractivity contribution in [3.05, 3.63) is 173 Å². The topological polar surface area (TPSA) is 191 Å². The molecule has 9 rings (SSSR count). The summed E-state index contributed by atoms with van der Waals surface area (Å²) in [4.78, 5) is 8.63. The van der Waals surface area contributed by atoms with Crippen molar-refractivity contribution >= 4 is 98.1 Å². The smallest absolute Gasteiger partial charge is 0.492 e. The number of ether oxygens (including phenoxy) is 3. The minimum absolute atomic E-state index is 0.143. The van der Waals surface area contributed by atoms with Crippen LogP contribution in [0.15, 0.2) is 166 Å². The minimum atomic E-state index is -3.86. The first kappa shape index (κ1) is 49.6. The van der Waals surface area contributed by atoms with Crippen LogP contribution in [0.2, 0.25) is 0 Å². The Hall–Kier alpha value is -6.26. The third kappa shape index (κ3) is 11.5. The molecule has 0 radical (unpaired) electrons. The summed E-state index contributed by atoms with van der Waals surface area (Å²) in [5, 5.41) is 22.0. The second kappa shape index (κ2) is 22.2. The lowest BCUT2D eigenvalue weighted by Gasteiger charge is -2.23. The molecule has 0 amide bonds. The molecule has 68 heavy (non-hydrogen) atoms. The maximum absolute atomic E-state index is 13.6. The molecule has 7 aromatic carbocycles. The van der Waals surface area contributed by atoms with E-state index in [4.69, 9.17) is 24.3 Å². The van der Waals surface area contributed by atoms with Crippen molar-refractivity contribution in [2.45, 2.75) is 29.0 Å². The molecule has 0 fully saturated rings. The van der Waals surface area contributed by atoms with E-state index in [9.17, 15) is 16.8 Å². The number of halogens is 1.